The number of rotatable bonds is 7. The van der Waals surface area contributed by atoms with Crippen molar-refractivity contribution >= 4 is 11.9 Å². The number of hydrogen-bond donors (Lipinski definition) is 1. The van der Waals surface area contributed by atoms with Crippen LogP contribution in [0.3, 0.4) is 0 Å². The molecule has 1 saturated carbocycles. The van der Waals surface area contributed by atoms with Crippen molar-refractivity contribution < 1.29 is 28.9 Å². The van der Waals surface area contributed by atoms with Crippen LogP contribution in [-0.4, -0.2) is 48.9 Å². The van der Waals surface area contributed by atoms with Crippen molar-refractivity contribution in [3.05, 3.63) is 23.8 Å². The van der Waals surface area contributed by atoms with E-state index in [4.69, 9.17) is 19.3 Å². The molecule has 1 fully saturated rings. The fourth-order valence-corrected chi connectivity index (χ4v) is 2.70. The van der Waals surface area contributed by atoms with Crippen molar-refractivity contribution in [1.29, 1.82) is 0 Å². The lowest BCUT2D eigenvalue weighted by molar-refractivity contribution is -0.142. The molecule has 124 valence electrons. The van der Waals surface area contributed by atoms with E-state index < -0.39 is 17.8 Å². The van der Waals surface area contributed by atoms with Crippen molar-refractivity contribution in [1.82, 2.24) is 4.90 Å². The van der Waals surface area contributed by atoms with Gasteiger partial charge < -0.3 is 24.2 Å². The minimum absolute atomic E-state index is 0.132. The lowest BCUT2D eigenvalue weighted by Gasteiger charge is -2.23. The molecule has 2 aliphatic rings. The molecule has 7 heteroatoms. The summed E-state index contributed by atoms with van der Waals surface area (Å²) in [5, 5.41) is 9.00. The highest BCUT2D eigenvalue weighted by Crippen LogP contribution is 2.40. The van der Waals surface area contributed by atoms with Crippen molar-refractivity contribution in [2.75, 3.05) is 27.1 Å². The highest BCUT2D eigenvalue weighted by atomic mass is 16.7. The highest BCUT2D eigenvalue weighted by Gasteiger charge is 2.49. The first-order chi connectivity index (χ1) is 11.1. The third-order valence-corrected chi connectivity index (χ3v) is 4.11. The Morgan fingerprint density at radius 2 is 2.09 bits per heavy atom. The van der Waals surface area contributed by atoms with Gasteiger partial charge in [-0.2, -0.15) is 0 Å². The average molecular weight is 321 g/mol. The van der Waals surface area contributed by atoms with Crippen LogP contribution in [0.2, 0.25) is 0 Å². The van der Waals surface area contributed by atoms with E-state index in [9.17, 15) is 9.59 Å². The van der Waals surface area contributed by atoms with Crippen LogP contribution in [0.4, 0.5) is 0 Å². The molecular formula is C16H19NO6. The molecule has 0 bridgehead atoms. The molecule has 1 heterocycles. The Balaban J connectivity index is 1.69. The highest BCUT2D eigenvalue weighted by molar-refractivity contribution is 5.89. The first-order valence-corrected chi connectivity index (χ1v) is 7.49. The predicted octanol–water partition coefficient (Wildman–Crippen LogP) is 1.11. The number of carbonyl (C=O) groups excluding carboxylic acids is 1. The topological polar surface area (TPSA) is 85.3 Å². The Kier molecular flexibility index (Phi) is 4.38. The van der Waals surface area contributed by atoms with Crippen molar-refractivity contribution in [2.45, 2.75) is 13.0 Å². The summed E-state index contributed by atoms with van der Waals surface area (Å²) < 4.78 is 15.7. The molecule has 0 saturated heterocycles. The number of amides is 1. The normalized spacial score (nSPS) is 21.1. The molecule has 1 amide bonds. The number of nitrogens with zero attached hydrogens (tertiary/aromatic N) is 1. The van der Waals surface area contributed by atoms with Crippen LogP contribution >= 0.6 is 0 Å². The summed E-state index contributed by atoms with van der Waals surface area (Å²) in [6.45, 7) is 1.42. The molecule has 0 spiro atoms. The van der Waals surface area contributed by atoms with Crippen molar-refractivity contribution in [2.24, 2.45) is 11.8 Å². The minimum Gasteiger partial charge on any atom is -0.481 e. The first kappa shape index (κ1) is 15.6. The zero-order chi connectivity index (χ0) is 16.4. The minimum atomic E-state index is -0.905. The van der Waals surface area contributed by atoms with Gasteiger partial charge in [0.2, 0.25) is 12.7 Å². The molecule has 23 heavy (non-hydrogen) atoms. The molecule has 0 unspecified atom stereocenters. The van der Waals surface area contributed by atoms with E-state index >= 15 is 0 Å². The number of aliphatic carboxylic acids is 1. The van der Waals surface area contributed by atoms with Crippen molar-refractivity contribution in [3.63, 3.8) is 0 Å². The molecule has 1 aromatic carbocycles. The summed E-state index contributed by atoms with van der Waals surface area (Å²) in [4.78, 5) is 25.1. The van der Waals surface area contributed by atoms with Gasteiger partial charge in [0.1, 0.15) is 0 Å². The van der Waals surface area contributed by atoms with Gasteiger partial charge in [-0.05, 0) is 24.1 Å². The van der Waals surface area contributed by atoms with E-state index in [0.29, 0.717) is 37.6 Å². The third-order valence-electron chi connectivity index (χ3n) is 4.11. The Morgan fingerprint density at radius 1 is 1.30 bits per heavy atom. The number of carboxylic acids is 1. The smallest absolute Gasteiger partial charge is 0.307 e. The third kappa shape index (κ3) is 3.39. The van der Waals surface area contributed by atoms with Gasteiger partial charge in [-0.15, -0.1) is 0 Å². The lowest BCUT2D eigenvalue weighted by Crippen LogP contribution is -2.35. The second kappa shape index (κ2) is 6.45. The molecule has 1 aromatic rings. The standard InChI is InChI=1S/C16H19NO6/c1-21-5-4-17(15(18)11-7-12(11)16(19)20)8-10-2-3-13-14(6-10)23-9-22-13/h2-3,6,11-12H,4-5,7-9H2,1H3,(H,19,20)/t11-,12-/m1/s1. The van der Waals surface area contributed by atoms with Crippen molar-refractivity contribution in [3.8, 4) is 11.5 Å². The number of carboxylic acid groups (broad SMARTS) is 1. The monoisotopic (exact) mass is 321 g/mol. The van der Waals surface area contributed by atoms with Gasteiger partial charge in [0.15, 0.2) is 11.5 Å². The van der Waals surface area contributed by atoms with Gasteiger partial charge in [0, 0.05) is 20.2 Å². The van der Waals surface area contributed by atoms with Crippen LogP contribution < -0.4 is 9.47 Å². The van der Waals surface area contributed by atoms with Crippen LogP contribution in [0.25, 0.3) is 0 Å². The summed E-state index contributed by atoms with van der Waals surface area (Å²) >= 11 is 0. The number of ether oxygens (including phenoxy) is 3. The summed E-state index contributed by atoms with van der Waals surface area (Å²) in [6, 6.07) is 5.53. The number of carbonyl (C=O) groups is 2. The summed E-state index contributed by atoms with van der Waals surface area (Å²) in [5.41, 5.74) is 0.909. The Morgan fingerprint density at radius 3 is 2.78 bits per heavy atom. The van der Waals surface area contributed by atoms with E-state index in [1.54, 1.807) is 12.0 Å². The van der Waals surface area contributed by atoms with E-state index in [1.807, 2.05) is 18.2 Å². The zero-order valence-corrected chi connectivity index (χ0v) is 12.9. The molecule has 0 aromatic heterocycles. The maximum atomic E-state index is 12.5. The average Bonchev–Trinajstić information content (AvgIpc) is 3.22. The first-order valence-electron chi connectivity index (χ1n) is 7.49. The van der Waals surface area contributed by atoms with Gasteiger partial charge in [-0.1, -0.05) is 6.07 Å². The molecule has 1 aliphatic heterocycles. The molecule has 0 radical (unpaired) electrons. The van der Waals surface area contributed by atoms with Crippen LogP contribution in [0, 0.1) is 11.8 Å². The van der Waals surface area contributed by atoms with Gasteiger partial charge in [-0.3, -0.25) is 9.59 Å². The number of benzene rings is 1. The maximum absolute atomic E-state index is 12.5. The molecule has 3 rings (SSSR count). The van der Waals surface area contributed by atoms with E-state index in [2.05, 4.69) is 0 Å². The van der Waals surface area contributed by atoms with Crippen LogP contribution in [-0.2, 0) is 20.9 Å². The Bertz CT molecular complexity index is 617. The van der Waals surface area contributed by atoms with Gasteiger partial charge >= 0.3 is 5.97 Å². The van der Waals surface area contributed by atoms with Gasteiger partial charge in [0.25, 0.3) is 0 Å². The van der Waals surface area contributed by atoms with Crippen LogP contribution in [0.1, 0.15) is 12.0 Å². The van der Waals surface area contributed by atoms with Gasteiger partial charge in [-0.25, -0.2) is 0 Å². The second-order valence-corrected chi connectivity index (χ2v) is 5.73. The Labute approximate surface area is 133 Å². The number of hydrogen-bond acceptors (Lipinski definition) is 5. The summed E-state index contributed by atoms with van der Waals surface area (Å²) in [7, 11) is 1.57. The maximum Gasteiger partial charge on any atom is 0.307 e. The summed E-state index contributed by atoms with van der Waals surface area (Å²) in [6.07, 6.45) is 0.415. The largest absolute Gasteiger partial charge is 0.481 e. The Hall–Kier alpha value is -2.28. The predicted molar refractivity (Wildman–Crippen MR) is 79.1 cm³/mol. The molecule has 2 atom stereocenters. The van der Waals surface area contributed by atoms with Crippen LogP contribution in [0.5, 0.6) is 11.5 Å². The molecule has 1 N–H and O–H groups in total. The molecule has 7 nitrogen and oxygen atoms in total. The van der Waals surface area contributed by atoms with Crippen LogP contribution in [0.15, 0.2) is 18.2 Å². The number of fused-ring (bicyclic) bond motifs is 1. The quantitative estimate of drug-likeness (QED) is 0.810. The fourth-order valence-electron chi connectivity index (χ4n) is 2.70. The van der Waals surface area contributed by atoms with E-state index in [-0.39, 0.29) is 12.7 Å². The zero-order valence-electron chi connectivity index (χ0n) is 12.9. The molecular weight excluding hydrogens is 302 g/mol. The molecule has 1 aliphatic carbocycles. The number of methoxy groups -OCH3 is 1. The second-order valence-electron chi connectivity index (χ2n) is 5.73. The lowest BCUT2D eigenvalue weighted by atomic mass is 10.1. The fraction of sp³-hybridized carbons (Fsp3) is 0.500. The summed E-state index contributed by atoms with van der Waals surface area (Å²) in [5.74, 6) is -0.652. The van der Waals surface area contributed by atoms with Gasteiger partial charge in [0.05, 0.1) is 18.4 Å². The van der Waals surface area contributed by atoms with E-state index in [1.165, 1.54) is 0 Å². The SMILES string of the molecule is COCCN(Cc1ccc2c(c1)OCO2)C(=O)[C@@H]1C[C@H]1C(=O)O. The van der Waals surface area contributed by atoms with E-state index in [0.717, 1.165) is 5.56 Å².